The summed E-state index contributed by atoms with van der Waals surface area (Å²) in [6.45, 7) is 6.75. The third-order valence-corrected chi connectivity index (χ3v) is 4.99. The molecule has 1 aliphatic carbocycles. The van der Waals surface area contributed by atoms with Crippen LogP contribution in [0.4, 0.5) is 0 Å². The van der Waals surface area contributed by atoms with Crippen LogP contribution >= 0.6 is 0 Å². The van der Waals surface area contributed by atoms with Gasteiger partial charge >= 0.3 is 0 Å². The predicted molar refractivity (Wildman–Crippen MR) is 101 cm³/mol. The highest BCUT2D eigenvalue weighted by atomic mass is 16.5. The fourth-order valence-corrected chi connectivity index (χ4v) is 3.66. The Balaban J connectivity index is 1.84. The molecule has 24 heavy (non-hydrogen) atoms. The Labute approximate surface area is 145 Å². The number of ether oxygens (including phenoxy) is 1. The summed E-state index contributed by atoms with van der Waals surface area (Å²) in [5.74, 6) is 1.40. The van der Waals surface area contributed by atoms with E-state index in [0.29, 0.717) is 12.4 Å². The van der Waals surface area contributed by atoms with Gasteiger partial charge in [0.2, 0.25) is 5.90 Å². The maximum Gasteiger partial charge on any atom is 0.235 e. The molecule has 0 spiro atoms. The molecule has 1 aromatic rings. The van der Waals surface area contributed by atoms with E-state index in [-0.39, 0.29) is 6.10 Å². The van der Waals surface area contributed by atoms with Crippen molar-refractivity contribution in [3.05, 3.63) is 47.2 Å². The van der Waals surface area contributed by atoms with Gasteiger partial charge in [-0.3, -0.25) is 4.99 Å². The molecule has 1 unspecified atom stereocenters. The Morgan fingerprint density at radius 2 is 1.88 bits per heavy atom. The van der Waals surface area contributed by atoms with Crippen molar-refractivity contribution in [2.75, 3.05) is 6.54 Å². The van der Waals surface area contributed by atoms with Gasteiger partial charge in [-0.15, -0.1) is 0 Å². The molecule has 0 N–H and O–H groups in total. The standard InChI is InChI=1S/C21H28N2O/c1-4-19-21(22-5-2)24-15(3)20(23-19)18-13-11-17(12-14-18)16-9-7-6-8-10-16/h4,11-16H,5-10H2,1-3H3/b19-4+,22-21?. The molecule has 1 atom stereocenters. The van der Waals surface area contributed by atoms with Gasteiger partial charge in [0.25, 0.3) is 0 Å². The summed E-state index contributed by atoms with van der Waals surface area (Å²) in [6, 6.07) is 8.98. The van der Waals surface area contributed by atoms with Crippen molar-refractivity contribution in [1.82, 2.24) is 0 Å². The zero-order valence-corrected chi connectivity index (χ0v) is 15.1. The number of nitrogens with zero attached hydrogens (tertiary/aromatic N) is 2. The summed E-state index contributed by atoms with van der Waals surface area (Å²) < 4.78 is 5.99. The number of hydrogen-bond acceptors (Lipinski definition) is 3. The number of rotatable bonds is 3. The predicted octanol–water partition coefficient (Wildman–Crippen LogP) is 5.26. The molecule has 3 heteroatoms. The van der Waals surface area contributed by atoms with Crippen molar-refractivity contribution in [2.45, 2.75) is 64.9 Å². The van der Waals surface area contributed by atoms with Crippen LogP contribution in [-0.4, -0.2) is 24.3 Å². The summed E-state index contributed by atoms with van der Waals surface area (Å²) in [5, 5.41) is 0. The van der Waals surface area contributed by atoms with Gasteiger partial charge in [0.05, 0.1) is 5.71 Å². The fraction of sp³-hybridized carbons (Fsp3) is 0.524. The van der Waals surface area contributed by atoms with Crippen molar-refractivity contribution in [3.63, 3.8) is 0 Å². The van der Waals surface area contributed by atoms with Crippen molar-refractivity contribution in [2.24, 2.45) is 9.98 Å². The van der Waals surface area contributed by atoms with Crippen LogP contribution < -0.4 is 0 Å². The largest absolute Gasteiger partial charge is 0.467 e. The smallest absolute Gasteiger partial charge is 0.235 e. The Hall–Kier alpha value is -1.90. The molecule has 1 aliphatic heterocycles. The third kappa shape index (κ3) is 3.61. The summed E-state index contributed by atoms with van der Waals surface area (Å²) in [4.78, 5) is 9.22. The summed E-state index contributed by atoms with van der Waals surface area (Å²) in [7, 11) is 0. The van der Waals surface area contributed by atoms with Crippen molar-refractivity contribution in [3.8, 4) is 0 Å². The van der Waals surface area contributed by atoms with E-state index in [4.69, 9.17) is 9.73 Å². The first-order valence-corrected chi connectivity index (χ1v) is 9.29. The van der Waals surface area contributed by atoms with E-state index in [2.05, 4.69) is 29.3 Å². The average Bonchev–Trinajstić information content (AvgIpc) is 2.63. The quantitative estimate of drug-likeness (QED) is 0.746. The van der Waals surface area contributed by atoms with E-state index < -0.39 is 0 Å². The lowest BCUT2D eigenvalue weighted by atomic mass is 9.83. The highest BCUT2D eigenvalue weighted by Gasteiger charge is 2.25. The molecule has 1 fully saturated rings. The molecule has 1 heterocycles. The van der Waals surface area contributed by atoms with Gasteiger partial charge < -0.3 is 4.74 Å². The monoisotopic (exact) mass is 324 g/mol. The molecule has 0 radical (unpaired) electrons. The van der Waals surface area contributed by atoms with Crippen molar-refractivity contribution >= 4 is 11.6 Å². The van der Waals surface area contributed by atoms with E-state index in [1.165, 1.54) is 37.7 Å². The van der Waals surface area contributed by atoms with Crippen LogP contribution in [0.15, 0.2) is 46.0 Å². The summed E-state index contributed by atoms with van der Waals surface area (Å²) in [5.41, 5.74) is 4.45. The maximum absolute atomic E-state index is 5.99. The van der Waals surface area contributed by atoms with Crippen LogP contribution in [0.25, 0.3) is 0 Å². The van der Waals surface area contributed by atoms with E-state index in [1.807, 2.05) is 26.8 Å². The molecule has 3 rings (SSSR count). The Morgan fingerprint density at radius 1 is 1.17 bits per heavy atom. The number of aliphatic imine (C=N–C) groups is 2. The second kappa shape index (κ2) is 7.78. The van der Waals surface area contributed by atoms with Crippen molar-refractivity contribution in [1.29, 1.82) is 0 Å². The Morgan fingerprint density at radius 3 is 2.50 bits per heavy atom. The maximum atomic E-state index is 5.99. The van der Waals surface area contributed by atoms with E-state index in [0.717, 1.165) is 22.9 Å². The lowest BCUT2D eigenvalue weighted by molar-refractivity contribution is 0.267. The zero-order chi connectivity index (χ0) is 16.9. The molecular formula is C21H28N2O. The van der Waals surface area contributed by atoms with E-state index in [1.54, 1.807) is 0 Å². The van der Waals surface area contributed by atoms with Crippen LogP contribution in [0.1, 0.15) is 69.9 Å². The van der Waals surface area contributed by atoms with Crippen LogP contribution in [0.3, 0.4) is 0 Å². The zero-order valence-electron chi connectivity index (χ0n) is 15.1. The van der Waals surface area contributed by atoms with E-state index in [9.17, 15) is 0 Å². The first-order chi connectivity index (χ1) is 11.7. The number of allylic oxidation sites excluding steroid dienone is 1. The van der Waals surface area contributed by atoms with Crippen LogP contribution in [0.5, 0.6) is 0 Å². The minimum absolute atomic E-state index is 0.0699. The van der Waals surface area contributed by atoms with Crippen molar-refractivity contribution < 1.29 is 4.74 Å². The third-order valence-electron chi connectivity index (χ3n) is 4.99. The second-order valence-electron chi connectivity index (χ2n) is 6.67. The molecule has 0 amide bonds. The fourth-order valence-electron chi connectivity index (χ4n) is 3.66. The molecule has 0 aromatic heterocycles. The van der Waals surface area contributed by atoms with Gasteiger partial charge in [-0.1, -0.05) is 49.6 Å². The van der Waals surface area contributed by atoms with Gasteiger partial charge in [-0.05, 0) is 50.7 Å². The van der Waals surface area contributed by atoms with E-state index >= 15 is 0 Å². The molecule has 2 aliphatic rings. The van der Waals surface area contributed by atoms with Gasteiger partial charge in [-0.2, -0.15) is 0 Å². The highest BCUT2D eigenvalue weighted by molar-refractivity contribution is 6.10. The number of benzene rings is 1. The van der Waals surface area contributed by atoms with Gasteiger partial charge in [0, 0.05) is 6.54 Å². The summed E-state index contributed by atoms with van der Waals surface area (Å²) in [6.07, 6.45) is 8.70. The lowest BCUT2D eigenvalue weighted by Crippen LogP contribution is -2.31. The first-order valence-electron chi connectivity index (χ1n) is 9.29. The Kier molecular flexibility index (Phi) is 5.49. The van der Waals surface area contributed by atoms with Crippen LogP contribution in [0.2, 0.25) is 0 Å². The van der Waals surface area contributed by atoms with Gasteiger partial charge in [-0.25, -0.2) is 4.99 Å². The Bertz CT molecular complexity index is 649. The minimum atomic E-state index is -0.0699. The summed E-state index contributed by atoms with van der Waals surface area (Å²) >= 11 is 0. The average molecular weight is 324 g/mol. The minimum Gasteiger partial charge on any atom is -0.467 e. The molecule has 0 saturated heterocycles. The molecular weight excluding hydrogens is 296 g/mol. The molecule has 0 bridgehead atoms. The normalized spacial score (nSPS) is 25.6. The first kappa shape index (κ1) is 16.9. The second-order valence-corrected chi connectivity index (χ2v) is 6.67. The molecule has 1 aromatic carbocycles. The topological polar surface area (TPSA) is 34.0 Å². The lowest BCUT2D eigenvalue weighted by Gasteiger charge is -2.25. The van der Waals surface area contributed by atoms with Crippen LogP contribution in [0, 0.1) is 0 Å². The molecule has 3 nitrogen and oxygen atoms in total. The number of hydrogen-bond donors (Lipinski definition) is 0. The highest BCUT2D eigenvalue weighted by Crippen LogP contribution is 2.33. The van der Waals surface area contributed by atoms with Gasteiger partial charge in [0.1, 0.15) is 11.8 Å². The SMILES string of the molecule is C/C=C1/N=C(c2ccc(C3CCCCC3)cc2)C(C)OC1=NCC. The molecule has 1 saturated carbocycles. The van der Waals surface area contributed by atoms with Gasteiger partial charge in [0.15, 0.2) is 0 Å². The molecule has 128 valence electrons. The van der Waals surface area contributed by atoms with Crippen LogP contribution in [-0.2, 0) is 4.74 Å².